The number of halogens is 2. The van der Waals surface area contributed by atoms with E-state index in [-0.39, 0.29) is 12.5 Å². The van der Waals surface area contributed by atoms with Crippen molar-refractivity contribution in [2.24, 2.45) is 0 Å². The van der Waals surface area contributed by atoms with Crippen LogP contribution < -0.4 is 10.1 Å². The molecule has 106 valence electrons. The maximum atomic E-state index is 11.8. The second kappa shape index (κ2) is 6.98. The van der Waals surface area contributed by atoms with Gasteiger partial charge in [-0.25, -0.2) is 0 Å². The number of anilines is 1. The fourth-order valence-electron chi connectivity index (χ4n) is 1.60. The van der Waals surface area contributed by atoms with Gasteiger partial charge < -0.3 is 10.1 Å². The summed E-state index contributed by atoms with van der Waals surface area (Å²) in [6.07, 6.45) is 0. The number of nitrogens with zero attached hydrogens (tertiary/aromatic N) is 1. The van der Waals surface area contributed by atoms with Crippen LogP contribution in [0.15, 0.2) is 42.5 Å². The van der Waals surface area contributed by atoms with Crippen LogP contribution in [-0.4, -0.2) is 12.5 Å². The highest BCUT2D eigenvalue weighted by atomic mass is 35.5. The smallest absolute Gasteiger partial charge is 0.262 e. The summed E-state index contributed by atoms with van der Waals surface area (Å²) in [5.74, 6) is 0.172. The lowest BCUT2D eigenvalue weighted by Crippen LogP contribution is -2.20. The number of rotatable bonds is 4. The zero-order valence-electron chi connectivity index (χ0n) is 10.8. The van der Waals surface area contributed by atoms with E-state index < -0.39 is 0 Å². The van der Waals surface area contributed by atoms with Gasteiger partial charge in [0.1, 0.15) is 5.75 Å². The number of nitriles is 1. The molecule has 4 nitrogen and oxygen atoms in total. The predicted molar refractivity (Wildman–Crippen MR) is 81.7 cm³/mol. The van der Waals surface area contributed by atoms with E-state index in [1.165, 1.54) is 0 Å². The summed E-state index contributed by atoms with van der Waals surface area (Å²) >= 11 is 11.7. The summed E-state index contributed by atoms with van der Waals surface area (Å²) in [6.45, 7) is -0.157. The van der Waals surface area contributed by atoms with Gasteiger partial charge in [-0.1, -0.05) is 23.2 Å². The molecule has 6 heteroatoms. The van der Waals surface area contributed by atoms with E-state index >= 15 is 0 Å². The normalized spacial score (nSPS) is 9.76. The minimum atomic E-state index is -0.335. The number of carbonyl (C=O) groups is 1. The number of carbonyl (C=O) groups excluding carboxylic acids is 1. The SMILES string of the molecule is N#Cc1ccc(OCC(=O)Nc2cc(Cl)cc(Cl)c2)cc1. The van der Waals surface area contributed by atoms with Gasteiger partial charge in [-0.3, -0.25) is 4.79 Å². The molecule has 0 saturated carbocycles. The van der Waals surface area contributed by atoms with Crippen molar-refractivity contribution in [1.29, 1.82) is 5.26 Å². The second-order valence-corrected chi connectivity index (χ2v) is 5.00. The average molecular weight is 321 g/mol. The molecule has 1 amide bonds. The van der Waals surface area contributed by atoms with E-state index in [9.17, 15) is 4.79 Å². The lowest BCUT2D eigenvalue weighted by atomic mass is 10.2. The number of nitrogens with one attached hydrogen (secondary N) is 1. The molecule has 0 spiro atoms. The largest absolute Gasteiger partial charge is 0.484 e. The van der Waals surface area contributed by atoms with Gasteiger partial charge in [-0.2, -0.15) is 5.26 Å². The first kappa shape index (κ1) is 15.2. The fraction of sp³-hybridized carbons (Fsp3) is 0.0667. The highest BCUT2D eigenvalue weighted by Gasteiger charge is 2.05. The van der Waals surface area contributed by atoms with Crippen LogP contribution >= 0.6 is 23.2 Å². The molecule has 2 aromatic carbocycles. The summed E-state index contributed by atoms with van der Waals surface area (Å²) in [5.41, 5.74) is 1.03. The van der Waals surface area contributed by atoms with Crippen molar-refractivity contribution in [3.63, 3.8) is 0 Å². The monoisotopic (exact) mass is 320 g/mol. The molecule has 0 heterocycles. The summed E-state index contributed by atoms with van der Waals surface area (Å²) < 4.78 is 5.31. The first-order chi connectivity index (χ1) is 10.1. The summed E-state index contributed by atoms with van der Waals surface area (Å²) in [4.78, 5) is 11.8. The Kier molecular flexibility index (Phi) is 5.04. The van der Waals surface area contributed by atoms with Gasteiger partial charge in [0.05, 0.1) is 11.6 Å². The molecule has 0 aliphatic carbocycles. The molecule has 2 aromatic rings. The van der Waals surface area contributed by atoms with Gasteiger partial charge in [0.2, 0.25) is 0 Å². The molecular weight excluding hydrogens is 311 g/mol. The van der Waals surface area contributed by atoms with E-state index in [0.29, 0.717) is 27.0 Å². The number of hydrogen-bond acceptors (Lipinski definition) is 3. The molecule has 1 N–H and O–H groups in total. The predicted octanol–water partition coefficient (Wildman–Crippen LogP) is 3.88. The van der Waals surface area contributed by atoms with Crippen molar-refractivity contribution < 1.29 is 9.53 Å². The Bertz CT molecular complexity index is 674. The maximum Gasteiger partial charge on any atom is 0.262 e. The van der Waals surface area contributed by atoms with Crippen LogP contribution in [0.1, 0.15) is 5.56 Å². The van der Waals surface area contributed by atoms with Crippen LogP contribution in [0.5, 0.6) is 5.75 Å². The Hall–Kier alpha value is -2.22. The van der Waals surface area contributed by atoms with Crippen molar-refractivity contribution in [1.82, 2.24) is 0 Å². The Labute approximate surface area is 131 Å². The molecule has 0 radical (unpaired) electrons. The molecule has 21 heavy (non-hydrogen) atoms. The van der Waals surface area contributed by atoms with Crippen LogP contribution in [0.4, 0.5) is 5.69 Å². The van der Waals surface area contributed by atoms with Gasteiger partial charge >= 0.3 is 0 Å². The zero-order chi connectivity index (χ0) is 15.2. The van der Waals surface area contributed by atoms with Crippen molar-refractivity contribution in [3.8, 4) is 11.8 Å². The molecule has 0 atom stereocenters. The molecule has 0 aliphatic rings. The molecular formula is C15H10Cl2N2O2. The minimum Gasteiger partial charge on any atom is -0.484 e. The molecule has 0 unspecified atom stereocenters. The molecule has 0 aliphatic heterocycles. The van der Waals surface area contributed by atoms with Gasteiger partial charge in [-0.15, -0.1) is 0 Å². The van der Waals surface area contributed by atoms with Gasteiger partial charge in [0.25, 0.3) is 5.91 Å². The van der Waals surface area contributed by atoms with Crippen LogP contribution in [0.2, 0.25) is 10.0 Å². The highest BCUT2D eigenvalue weighted by Crippen LogP contribution is 2.22. The molecule has 0 aromatic heterocycles. The van der Waals surface area contributed by atoms with E-state index in [1.807, 2.05) is 6.07 Å². The Morgan fingerprint density at radius 1 is 1.14 bits per heavy atom. The van der Waals surface area contributed by atoms with Crippen molar-refractivity contribution >= 4 is 34.8 Å². The Morgan fingerprint density at radius 2 is 1.76 bits per heavy atom. The van der Waals surface area contributed by atoms with Crippen LogP contribution in [0.3, 0.4) is 0 Å². The highest BCUT2D eigenvalue weighted by molar-refractivity contribution is 6.35. The third-order valence-corrected chi connectivity index (χ3v) is 2.94. The molecule has 0 bridgehead atoms. The first-order valence-electron chi connectivity index (χ1n) is 5.96. The second-order valence-electron chi connectivity index (χ2n) is 4.13. The van der Waals surface area contributed by atoms with Gasteiger partial charge in [0, 0.05) is 15.7 Å². The summed E-state index contributed by atoms with van der Waals surface area (Å²) in [7, 11) is 0. The lowest BCUT2D eigenvalue weighted by molar-refractivity contribution is -0.118. The quantitative estimate of drug-likeness (QED) is 0.929. The molecule has 0 saturated heterocycles. The summed E-state index contributed by atoms with van der Waals surface area (Å²) in [5, 5.41) is 12.2. The van der Waals surface area contributed by atoms with Crippen LogP contribution in [-0.2, 0) is 4.79 Å². The number of amides is 1. The van der Waals surface area contributed by atoms with Crippen molar-refractivity contribution in [3.05, 3.63) is 58.1 Å². The number of ether oxygens (including phenoxy) is 1. The van der Waals surface area contributed by atoms with E-state index in [2.05, 4.69) is 5.32 Å². The van der Waals surface area contributed by atoms with Crippen molar-refractivity contribution in [2.45, 2.75) is 0 Å². The summed E-state index contributed by atoms with van der Waals surface area (Å²) in [6, 6.07) is 13.2. The Morgan fingerprint density at radius 3 is 2.33 bits per heavy atom. The lowest BCUT2D eigenvalue weighted by Gasteiger charge is -2.08. The topological polar surface area (TPSA) is 62.1 Å². The van der Waals surface area contributed by atoms with E-state index in [4.69, 9.17) is 33.2 Å². The van der Waals surface area contributed by atoms with Crippen molar-refractivity contribution in [2.75, 3.05) is 11.9 Å². The molecule has 0 fully saturated rings. The van der Waals surface area contributed by atoms with Gasteiger partial charge in [-0.05, 0) is 42.5 Å². The standard InChI is InChI=1S/C15H10Cl2N2O2/c16-11-5-12(17)7-13(6-11)19-15(20)9-21-14-3-1-10(8-18)2-4-14/h1-7H,9H2,(H,19,20). The van der Waals surface area contributed by atoms with Crippen LogP contribution in [0.25, 0.3) is 0 Å². The van der Waals surface area contributed by atoms with Crippen LogP contribution in [0, 0.1) is 11.3 Å². The number of hydrogen-bond donors (Lipinski definition) is 1. The first-order valence-corrected chi connectivity index (χ1v) is 6.71. The number of benzene rings is 2. The maximum absolute atomic E-state index is 11.8. The third-order valence-electron chi connectivity index (χ3n) is 2.50. The van der Waals surface area contributed by atoms with Gasteiger partial charge in [0.15, 0.2) is 6.61 Å². The average Bonchev–Trinajstić information content (AvgIpc) is 2.44. The fourth-order valence-corrected chi connectivity index (χ4v) is 2.12. The zero-order valence-corrected chi connectivity index (χ0v) is 12.3. The third kappa shape index (κ3) is 4.67. The van der Waals surface area contributed by atoms with E-state index in [1.54, 1.807) is 42.5 Å². The molecule has 2 rings (SSSR count). The Balaban J connectivity index is 1.91. The minimum absolute atomic E-state index is 0.157. The van der Waals surface area contributed by atoms with E-state index in [0.717, 1.165) is 0 Å².